The molecule has 148 valence electrons. The number of rotatable bonds is 6. The lowest BCUT2D eigenvalue weighted by atomic mass is 10.0. The molecule has 0 unspecified atom stereocenters. The topological polar surface area (TPSA) is 88.0 Å². The molecule has 0 saturated carbocycles. The van der Waals surface area contributed by atoms with Crippen LogP contribution in [0.4, 0.5) is 0 Å². The Labute approximate surface area is 177 Å². The summed E-state index contributed by atoms with van der Waals surface area (Å²) in [5.74, 6) is 1.31. The number of thioether (sulfide) groups is 1. The third kappa shape index (κ3) is 4.56. The van der Waals surface area contributed by atoms with E-state index in [1.807, 2.05) is 25.1 Å². The van der Waals surface area contributed by atoms with E-state index in [-0.39, 0.29) is 12.2 Å². The van der Waals surface area contributed by atoms with Gasteiger partial charge in [0, 0.05) is 16.1 Å². The maximum Gasteiger partial charge on any atom is 0.270 e. The first-order valence-electron chi connectivity index (χ1n) is 8.61. The summed E-state index contributed by atoms with van der Waals surface area (Å²) in [6.45, 7) is 2.14. The number of benzene rings is 2. The Hall–Kier alpha value is -2.95. The molecule has 8 heteroatoms. The van der Waals surface area contributed by atoms with Crippen LogP contribution in [0.5, 0.6) is 11.5 Å². The second kappa shape index (κ2) is 9.03. The molecule has 0 aliphatic carbocycles. The highest BCUT2D eigenvalue weighted by Crippen LogP contribution is 2.29. The van der Waals surface area contributed by atoms with E-state index in [4.69, 9.17) is 21.1 Å². The highest BCUT2D eigenvalue weighted by atomic mass is 35.5. The van der Waals surface area contributed by atoms with Gasteiger partial charge in [-0.25, -0.2) is 4.98 Å². The zero-order chi connectivity index (χ0) is 21.0. The van der Waals surface area contributed by atoms with E-state index in [2.05, 4.69) is 9.97 Å². The summed E-state index contributed by atoms with van der Waals surface area (Å²) >= 11 is 7.36. The minimum atomic E-state index is -0.466. The fraction of sp³-hybridized carbons (Fsp3) is 0.190. The van der Waals surface area contributed by atoms with Crippen molar-refractivity contribution in [3.63, 3.8) is 0 Å². The molecule has 3 rings (SSSR count). The molecule has 0 saturated heterocycles. The predicted octanol–water partition coefficient (Wildman–Crippen LogP) is 4.58. The Bertz CT molecular complexity index is 1150. The first-order valence-corrected chi connectivity index (χ1v) is 10.2. The first kappa shape index (κ1) is 20.8. The van der Waals surface area contributed by atoms with E-state index in [0.717, 1.165) is 11.1 Å². The number of nitrogens with zero attached hydrogens (tertiary/aromatic N) is 2. The van der Waals surface area contributed by atoms with Crippen LogP contribution in [0.2, 0.25) is 5.02 Å². The molecule has 0 spiro atoms. The van der Waals surface area contributed by atoms with E-state index in [1.54, 1.807) is 37.6 Å². The zero-order valence-electron chi connectivity index (χ0n) is 16.1. The molecule has 0 atom stereocenters. The van der Waals surface area contributed by atoms with E-state index in [1.165, 1.54) is 11.8 Å². The summed E-state index contributed by atoms with van der Waals surface area (Å²) < 4.78 is 11.3. The van der Waals surface area contributed by atoms with Crippen LogP contribution in [0.25, 0.3) is 11.3 Å². The van der Waals surface area contributed by atoms with Crippen molar-refractivity contribution in [1.29, 1.82) is 5.26 Å². The van der Waals surface area contributed by atoms with Crippen molar-refractivity contribution >= 4 is 23.4 Å². The summed E-state index contributed by atoms with van der Waals surface area (Å²) in [5, 5.41) is 10.5. The van der Waals surface area contributed by atoms with Crippen molar-refractivity contribution in [2.75, 3.05) is 13.4 Å². The van der Waals surface area contributed by atoms with Gasteiger partial charge in [-0.3, -0.25) is 4.79 Å². The Kier molecular flexibility index (Phi) is 6.47. The molecule has 2 aromatic carbocycles. The van der Waals surface area contributed by atoms with E-state index < -0.39 is 5.56 Å². The van der Waals surface area contributed by atoms with Crippen LogP contribution in [0.1, 0.15) is 16.7 Å². The molecule has 0 bridgehead atoms. The second-order valence-corrected chi connectivity index (χ2v) is 7.34. The summed E-state index contributed by atoms with van der Waals surface area (Å²) in [4.78, 5) is 19.2. The normalized spacial score (nSPS) is 10.4. The van der Waals surface area contributed by atoms with E-state index in [0.29, 0.717) is 32.9 Å². The molecule has 3 aromatic rings. The number of halogens is 1. The fourth-order valence-corrected chi connectivity index (χ4v) is 3.26. The molecule has 1 aromatic heterocycles. The van der Waals surface area contributed by atoms with Crippen molar-refractivity contribution in [2.24, 2.45) is 0 Å². The number of hydrogen-bond acceptors (Lipinski definition) is 6. The Morgan fingerprint density at radius 1 is 1.28 bits per heavy atom. The highest BCUT2D eigenvalue weighted by molar-refractivity contribution is 7.98. The molecule has 0 amide bonds. The fourth-order valence-electron chi connectivity index (χ4n) is 2.77. The molecule has 6 nitrogen and oxygen atoms in total. The van der Waals surface area contributed by atoms with Crippen LogP contribution in [0.3, 0.4) is 0 Å². The van der Waals surface area contributed by atoms with Gasteiger partial charge in [0.15, 0.2) is 5.16 Å². The number of hydrogen-bond donors (Lipinski definition) is 1. The van der Waals surface area contributed by atoms with Crippen molar-refractivity contribution in [3.8, 4) is 28.8 Å². The molecule has 0 aliphatic heterocycles. The molecule has 1 N–H and O–H groups in total. The van der Waals surface area contributed by atoms with Gasteiger partial charge in [0.2, 0.25) is 0 Å². The maximum atomic E-state index is 12.2. The van der Waals surface area contributed by atoms with Gasteiger partial charge in [-0.2, -0.15) is 5.26 Å². The van der Waals surface area contributed by atoms with Gasteiger partial charge in [0.05, 0.1) is 12.8 Å². The lowest BCUT2D eigenvalue weighted by Crippen LogP contribution is -2.14. The van der Waals surface area contributed by atoms with Crippen molar-refractivity contribution in [1.82, 2.24) is 9.97 Å². The van der Waals surface area contributed by atoms with E-state index in [9.17, 15) is 10.1 Å². The average Bonchev–Trinajstić information content (AvgIpc) is 2.73. The van der Waals surface area contributed by atoms with Crippen LogP contribution in [-0.2, 0) is 6.61 Å². The largest absolute Gasteiger partial charge is 0.496 e. The summed E-state index contributed by atoms with van der Waals surface area (Å²) in [5.41, 5.74) is 2.14. The molecular formula is C21H18ClN3O3S. The summed E-state index contributed by atoms with van der Waals surface area (Å²) in [7, 11) is 1.57. The monoisotopic (exact) mass is 427 g/mol. The van der Waals surface area contributed by atoms with Gasteiger partial charge in [0.1, 0.15) is 29.7 Å². The third-order valence-corrected chi connectivity index (χ3v) is 5.28. The molecule has 29 heavy (non-hydrogen) atoms. The Morgan fingerprint density at radius 3 is 2.72 bits per heavy atom. The van der Waals surface area contributed by atoms with Crippen LogP contribution in [-0.4, -0.2) is 23.3 Å². The van der Waals surface area contributed by atoms with Gasteiger partial charge in [-0.1, -0.05) is 23.4 Å². The molecule has 1 heterocycles. The van der Waals surface area contributed by atoms with Gasteiger partial charge in [0.25, 0.3) is 5.56 Å². The summed E-state index contributed by atoms with van der Waals surface area (Å²) in [6.07, 6.45) is 1.80. The molecular weight excluding hydrogens is 410 g/mol. The smallest absolute Gasteiger partial charge is 0.270 e. The molecule has 0 radical (unpaired) electrons. The lowest BCUT2D eigenvalue weighted by Gasteiger charge is -2.13. The number of aromatic amines is 1. The number of H-pyrrole nitrogens is 1. The average molecular weight is 428 g/mol. The summed E-state index contributed by atoms with van der Waals surface area (Å²) in [6, 6.07) is 12.7. The van der Waals surface area contributed by atoms with Crippen molar-refractivity contribution < 1.29 is 9.47 Å². The van der Waals surface area contributed by atoms with Crippen molar-refractivity contribution in [3.05, 3.63) is 68.5 Å². The predicted molar refractivity (Wildman–Crippen MR) is 114 cm³/mol. The van der Waals surface area contributed by atoms with E-state index >= 15 is 0 Å². The SMILES string of the molecule is COc1ccc(-c2nc(SC)[nH]c(=O)c2C#N)cc1COc1ccc(Cl)c(C)c1. The van der Waals surface area contributed by atoms with Gasteiger partial charge in [-0.05, 0) is 55.1 Å². The molecule has 0 aliphatic rings. The molecule has 0 fully saturated rings. The number of ether oxygens (including phenoxy) is 2. The van der Waals surface area contributed by atoms with Crippen LogP contribution >= 0.6 is 23.4 Å². The van der Waals surface area contributed by atoms with Gasteiger partial charge >= 0.3 is 0 Å². The standard InChI is InChI=1S/C21H18ClN3O3S/c1-12-8-15(5-6-17(12)22)28-11-14-9-13(4-7-18(14)27-2)19-16(10-23)20(26)25-21(24-19)29-3/h4-9H,11H2,1-3H3,(H,24,25,26). The third-order valence-electron chi connectivity index (χ3n) is 4.28. The Balaban J connectivity index is 1.99. The minimum absolute atomic E-state index is 0.0341. The lowest BCUT2D eigenvalue weighted by molar-refractivity contribution is 0.296. The second-order valence-electron chi connectivity index (χ2n) is 6.14. The Morgan fingerprint density at radius 2 is 2.07 bits per heavy atom. The van der Waals surface area contributed by atoms with Crippen molar-refractivity contribution in [2.45, 2.75) is 18.7 Å². The number of nitriles is 1. The number of aromatic nitrogens is 2. The number of aryl methyl sites for hydroxylation is 1. The number of nitrogens with one attached hydrogen (secondary N) is 1. The van der Waals surface area contributed by atoms with Gasteiger partial charge < -0.3 is 14.5 Å². The zero-order valence-corrected chi connectivity index (χ0v) is 17.6. The quantitative estimate of drug-likeness (QED) is 0.457. The minimum Gasteiger partial charge on any atom is -0.496 e. The first-order chi connectivity index (χ1) is 14.0. The maximum absolute atomic E-state index is 12.2. The van der Waals surface area contributed by atoms with Crippen LogP contribution in [0.15, 0.2) is 46.3 Å². The highest BCUT2D eigenvalue weighted by Gasteiger charge is 2.15. The number of methoxy groups -OCH3 is 1. The van der Waals surface area contributed by atoms with Crippen LogP contribution in [0, 0.1) is 18.3 Å². The van der Waals surface area contributed by atoms with Crippen LogP contribution < -0.4 is 15.0 Å². The van der Waals surface area contributed by atoms with Gasteiger partial charge in [-0.15, -0.1) is 0 Å².